The Morgan fingerprint density at radius 2 is 2.00 bits per heavy atom. The number of rotatable bonds is 4. The van der Waals surface area contributed by atoms with E-state index in [9.17, 15) is 0 Å². The number of aryl methyl sites for hydroxylation is 1. The molecule has 7 nitrogen and oxygen atoms in total. The highest BCUT2D eigenvalue weighted by Gasteiger charge is 2.01. The van der Waals surface area contributed by atoms with Crippen LogP contribution in [0, 0.1) is 6.92 Å². The molecule has 0 atom stereocenters. The van der Waals surface area contributed by atoms with E-state index in [1.807, 2.05) is 30.3 Å². The summed E-state index contributed by atoms with van der Waals surface area (Å²) in [7, 11) is 0. The highest BCUT2D eigenvalue weighted by Crippen LogP contribution is 2.09. The van der Waals surface area contributed by atoms with E-state index in [0.717, 1.165) is 5.56 Å². The minimum Gasteiger partial charge on any atom is -0.350 e. The molecule has 0 bridgehead atoms. The Labute approximate surface area is 104 Å². The van der Waals surface area contributed by atoms with Gasteiger partial charge in [0.2, 0.25) is 11.9 Å². The molecule has 0 unspecified atom stereocenters. The van der Waals surface area contributed by atoms with Crippen LogP contribution in [-0.2, 0) is 6.54 Å². The zero-order chi connectivity index (χ0) is 12.8. The van der Waals surface area contributed by atoms with Gasteiger partial charge in [-0.3, -0.25) is 0 Å². The van der Waals surface area contributed by atoms with E-state index in [0.29, 0.717) is 18.3 Å². The maximum Gasteiger partial charge on any atom is 0.226 e. The van der Waals surface area contributed by atoms with Crippen molar-refractivity contribution in [2.24, 2.45) is 5.11 Å². The number of benzene rings is 1. The summed E-state index contributed by atoms with van der Waals surface area (Å²) < 4.78 is 0. The van der Waals surface area contributed by atoms with Crippen LogP contribution in [0.1, 0.15) is 11.4 Å². The quantitative estimate of drug-likeness (QED) is 0.505. The maximum atomic E-state index is 8.35. The smallest absolute Gasteiger partial charge is 0.226 e. The van der Waals surface area contributed by atoms with Crippen LogP contribution in [0.5, 0.6) is 0 Å². The van der Waals surface area contributed by atoms with Gasteiger partial charge < -0.3 is 5.32 Å². The van der Waals surface area contributed by atoms with Crippen LogP contribution in [-0.4, -0.2) is 15.0 Å². The number of nitrogens with one attached hydrogen (secondary N) is 1. The zero-order valence-electron chi connectivity index (χ0n) is 9.78. The van der Waals surface area contributed by atoms with E-state index < -0.39 is 0 Å². The molecule has 0 saturated carbocycles. The van der Waals surface area contributed by atoms with Crippen molar-refractivity contribution in [3.63, 3.8) is 0 Å². The molecule has 0 aliphatic rings. The molecular formula is C11H11N7. The molecular weight excluding hydrogens is 230 g/mol. The number of anilines is 1. The Balaban J connectivity index is 2.12. The van der Waals surface area contributed by atoms with Crippen LogP contribution >= 0.6 is 0 Å². The normalized spacial score (nSPS) is 9.61. The van der Waals surface area contributed by atoms with Gasteiger partial charge in [0.05, 0.1) is 0 Å². The van der Waals surface area contributed by atoms with E-state index in [4.69, 9.17) is 5.53 Å². The average Bonchev–Trinajstić information content (AvgIpc) is 2.37. The zero-order valence-corrected chi connectivity index (χ0v) is 9.78. The van der Waals surface area contributed by atoms with Gasteiger partial charge in [-0.05, 0) is 23.1 Å². The molecule has 1 aromatic heterocycles. The summed E-state index contributed by atoms with van der Waals surface area (Å²) in [6.45, 7) is 2.31. The van der Waals surface area contributed by atoms with Crippen LogP contribution in [0.4, 0.5) is 11.9 Å². The predicted molar refractivity (Wildman–Crippen MR) is 67.1 cm³/mol. The molecule has 0 spiro atoms. The van der Waals surface area contributed by atoms with Gasteiger partial charge in [0.15, 0.2) is 0 Å². The summed E-state index contributed by atoms with van der Waals surface area (Å²) in [5.41, 5.74) is 9.46. The molecule has 2 rings (SSSR count). The second kappa shape index (κ2) is 5.60. The van der Waals surface area contributed by atoms with Crippen LogP contribution in [0.2, 0.25) is 0 Å². The largest absolute Gasteiger partial charge is 0.350 e. The molecule has 1 N–H and O–H groups in total. The van der Waals surface area contributed by atoms with Crippen molar-refractivity contribution in [3.05, 3.63) is 52.2 Å². The lowest BCUT2D eigenvalue weighted by molar-refractivity contribution is 0.947. The minimum absolute atomic E-state index is 0.0700. The van der Waals surface area contributed by atoms with E-state index in [1.54, 1.807) is 6.92 Å². The highest BCUT2D eigenvalue weighted by molar-refractivity contribution is 5.32. The Morgan fingerprint density at radius 1 is 1.22 bits per heavy atom. The van der Waals surface area contributed by atoms with Gasteiger partial charge in [0.25, 0.3) is 0 Å². The summed E-state index contributed by atoms with van der Waals surface area (Å²) in [5.74, 6) is 0.970. The lowest BCUT2D eigenvalue weighted by Gasteiger charge is -2.05. The van der Waals surface area contributed by atoms with Crippen LogP contribution in [0.25, 0.3) is 10.4 Å². The molecule has 0 saturated heterocycles. The fraction of sp³-hybridized carbons (Fsp3) is 0.182. The number of nitrogens with zero attached hydrogens (tertiary/aromatic N) is 6. The van der Waals surface area contributed by atoms with E-state index in [2.05, 4.69) is 30.3 Å². The molecule has 1 heterocycles. The van der Waals surface area contributed by atoms with Gasteiger partial charge in [-0.25, -0.2) is 4.98 Å². The third-order valence-corrected chi connectivity index (χ3v) is 2.16. The van der Waals surface area contributed by atoms with Gasteiger partial charge in [-0.2, -0.15) is 9.97 Å². The second-order valence-electron chi connectivity index (χ2n) is 3.53. The first-order chi connectivity index (χ1) is 8.78. The summed E-state index contributed by atoms with van der Waals surface area (Å²) in [4.78, 5) is 14.6. The van der Waals surface area contributed by atoms with Crippen molar-refractivity contribution in [2.75, 3.05) is 5.32 Å². The molecule has 1 aromatic carbocycles. The SMILES string of the molecule is Cc1nc(N=[N+]=[N-])nc(NCc2ccccc2)n1. The number of hydrogen-bond acceptors (Lipinski definition) is 5. The van der Waals surface area contributed by atoms with Gasteiger partial charge in [-0.15, -0.1) is 0 Å². The minimum atomic E-state index is 0.0700. The van der Waals surface area contributed by atoms with Crippen molar-refractivity contribution in [3.8, 4) is 0 Å². The van der Waals surface area contributed by atoms with Gasteiger partial charge in [-0.1, -0.05) is 30.3 Å². The van der Waals surface area contributed by atoms with Gasteiger partial charge >= 0.3 is 0 Å². The Bertz CT molecular complexity index is 575. The second-order valence-corrected chi connectivity index (χ2v) is 3.53. The maximum absolute atomic E-state index is 8.35. The first kappa shape index (κ1) is 11.8. The van der Waals surface area contributed by atoms with Crippen molar-refractivity contribution in [1.82, 2.24) is 15.0 Å². The molecule has 7 heteroatoms. The van der Waals surface area contributed by atoms with Crippen molar-refractivity contribution in [1.29, 1.82) is 0 Å². The van der Waals surface area contributed by atoms with Crippen molar-refractivity contribution in [2.45, 2.75) is 13.5 Å². The predicted octanol–water partition coefficient (Wildman–Crippen LogP) is 2.73. The summed E-state index contributed by atoms with van der Waals surface area (Å²) >= 11 is 0. The Morgan fingerprint density at radius 3 is 2.72 bits per heavy atom. The van der Waals surface area contributed by atoms with Gasteiger partial charge in [0.1, 0.15) is 5.82 Å². The first-order valence-corrected chi connectivity index (χ1v) is 5.33. The van der Waals surface area contributed by atoms with Crippen LogP contribution in [0.3, 0.4) is 0 Å². The molecule has 0 amide bonds. The molecule has 0 radical (unpaired) electrons. The van der Waals surface area contributed by atoms with E-state index >= 15 is 0 Å². The molecule has 2 aromatic rings. The lowest BCUT2D eigenvalue weighted by atomic mass is 10.2. The molecule has 0 aliphatic carbocycles. The molecule has 0 fully saturated rings. The third-order valence-electron chi connectivity index (χ3n) is 2.16. The van der Waals surface area contributed by atoms with Crippen LogP contribution in [0.15, 0.2) is 35.4 Å². The van der Waals surface area contributed by atoms with Gasteiger partial charge in [0, 0.05) is 11.5 Å². The Hall–Kier alpha value is -2.66. The topological polar surface area (TPSA) is 99.5 Å². The van der Waals surface area contributed by atoms with Crippen LogP contribution < -0.4 is 5.32 Å². The monoisotopic (exact) mass is 241 g/mol. The standard InChI is InChI=1S/C11H11N7/c1-8-14-10(16-11(15-8)17-18-12)13-7-9-5-3-2-4-6-9/h2-6H,7H2,1H3,(H,13,14,15,16). The highest BCUT2D eigenvalue weighted by atomic mass is 15.3. The number of aromatic nitrogens is 3. The Kier molecular flexibility index (Phi) is 3.68. The number of hydrogen-bond donors (Lipinski definition) is 1. The van der Waals surface area contributed by atoms with Crippen molar-refractivity contribution >= 4 is 11.9 Å². The van der Waals surface area contributed by atoms with E-state index in [-0.39, 0.29) is 5.95 Å². The first-order valence-electron chi connectivity index (χ1n) is 5.33. The van der Waals surface area contributed by atoms with E-state index in [1.165, 1.54) is 0 Å². The lowest BCUT2D eigenvalue weighted by Crippen LogP contribution is -2.05. The summed E-state index contributed by atoms with van der Waals surface area (Å²) in [6, 6.07) is 9.86. The van der Waals surface area contributed by atoms with Crippen molar-refractivity contribution < 1.29 is 0 Å². The summed E-state index contributed by atoms with van der Waals surface area (Å²) in [6.07, 6.45) is 0. The third kappa shape index (κ3) is 3.16. The molecule has 0 aliphatic heterocycles. The fourth-order valence-electron chi connectivity index (χ4n) is 1.41. The average molecular weight is 241 g/mol. The number of azide groups is 1. The summed E-state index contributed by atoms with van der Waals surface area (Å²) in [5, 5.41) is 6.42. The fourth-order valence-corrected chi connectivity index (χ4v) is 1.41. The molecule has 18 heavy (non-hydrogen) atoms. The molecule has 90 valence electrons.